The number of aliphatic hydroxyl groups is 1. The van der Waals surface area contributed by atoms with E-state index in [4.69, 9.17) is 0 Å². The maximum atomic E-state index is 13.8. The summed E-state index contributed by atoms with van der Waals surface area (Å²) in [5.41, 5.74) is 0.491. The summed E-state index contributed by atoms with van der Waals surface area (Å²) in [6.07, 6.45) is 7.08. The predicted octanol–water partition coefficient (Wildman–Crippen LogP) is 2.28. The molecule has 1 aliphatic heterocycles. The van der Waals surface area contributed by atoms with Crippen LogP contribution in [0.15, 0.2) is 41.6 Å². The molecule has 1 fully saturated rings. The van der Waals surface area contributed by atoms with Gasteiger partial charge in [0, 0.05) is 48.5 Å². The van der Waals surface area contributed by atoms with Gasteiger partial charge in [0.05, 0.1) is 0 Å². The lowest BCUT2D eigenvalue weighted by atomic mass is 10.0. The van der Waals surface area contributed by atoms with Crippen LogP contribution in [0.2, 0.25) is 0 Å². The molecule has 1 aliphatic rings. The maximum Gasteiger partial charge on any atom is 0.302 e. The van der Waals surface area contributed by atoms with Gasteiger partial charge >= 0.3 is 5.56 Å². The van der Waals surface area contributed by atoms with E-state index < -0.39 is 23.4 Å². The molecule has 1 saturated heterocycles. The van der Waals surface area contributed by atoms with Crippen molar-refractivity contribution in [3.8, 4) is 16.5 Å². The minimum absolute atomic E-state index is 0.0289. The Morgan fingerprint density at radius 3 is 2.78 bits per heavy atom. The third kappa shape index (κ3) is 4.99. The summed E-state index contributed by atoms with van der Waals surface area (Å²) in [6.45, 7) is 1.48. The number of aromatic nitrogens is 4. The SMILES string of the molecule is CNC(O)c1cc(F)ccc1Cc1cnc(-c2nc3n(CC(=O)N4CCCCC4)ccn3c(=O)c2O)s1. The van der Waals surface area contributed by atoms with Gasteiger partial charge in [0.1, 0.15) is 23.6 Å². The van der Waals surface area contributed by atoms with Gasteiger partial charge in [0.15, 0.2) is 5.69 Å². The van der Waals surface area contributed by atoms with Crippen LogP contribution >= 0.6 is 11.3 Å². The first-order valence-corrected chi connectivity index (χ1v) is 12.8. The number of hydrogen-bond acceptors (Lipinski definition) is 8. The van der Waals surface area contributed by atoms with Gasteiger partial charge in [-0.15, -0.1) is 11.3 Å². The van der Waals surface area contributed by atoms with E-state index in [9.17, 15) is 24.2 Å². The van der Waals surface area contributed by atoms with Gasteiger partial charge in [-0.3, -0.25) is 14.9 Å². The largest absolute Gasteiger partial charge is 0.501 e. The van der Waals surface area contributed by atoms with Crippen LogP contribution in [0, 0.1) is 5.82 Å². The van der Waals surface area contributed by atoms with Crippen LogP contribution in [-0.2, 0) is 17.8 Å². The number of thiazole rings is 1. The predicted molar refractivity (Wildman–Crippen MR) is 136 cm³/mol. The molecule has 3 aromatic heterocycles. The van der Waals surface area contributed by atoms with Crippen molar-refractivity contribution in [2.24, 2.45) is 0 Å². The molecule has 1 amide bonds. The Bertz CT molecular complexity index is 1510. The molecule has 0 radical (unpaired) electrons. The first-order chi connectivity index (χ1) is 17.9. The molecule has 1 unspecified atom stereocenters. The van der Waals surface area contributed by atoms with Gasteiger partial charge in [0.25, 0.3) is 0 Å². The molecular weight excluding hydrogens is 499 g/mol. The van der Waals surface area contributed by atoms with Gasteiger partial charge < -0.3 is 19.7 Å². The van der Waals surface area contributed by atoms with Crippen LogP contribution in [0.4, 0.5) is 4.39 Å². The fraction of sp³-hybridized carbons (Fsp3) is 0.360. The molecule has 0 aliphatic carbocycles. The standard InChI is InChI=1S/C25H27FN6O4S/c1-27-22(35)18-12-16(26)6-5-15(18)11-17-13-28-23(37-17)20-21(34)24(36)32-10-9-31(25(32)29-20)14-19(33)30-7-3-2-4-8-30/h5-6,9-10,12-13,22,27,34-35H,2-4,7-8,11,14H2,1H3. The molecule has 5 rings (SSSR count). The first-order valence-electron chi connectivity index (χ1n) is 12.0. The smallest absolute Gasteiger partial charge is 0.302 e. The zero-order valence-electron chi connectivity index (χ0n) is 20.2. The molecule has 0 saturated carbocycles. The van der Waals surface area contributed by atoms with E-state index >= 15 is 0 Å². The summed E-state index contributed by atoms with van der Waals surface area (Å²) >= 11 is 1.23. The van der Waals surface area contributed by atoms with Gasteiger partial charge in [0.2, 0.25) is 17.4 Å². The number of carbonyl (C=O) groups excluding carboxylic acids is 1. The van der Waals surface area contributed by atoms with Crippen LogP contribution < -0.4 is 10.9 Å². The molecule has 1 atom stereocenters. The van der Waals surface area contributed by atoms with E-state index in [1.54, 1.807) is 30.1 Å². The number of benzene rings is 1. The second kappa shape index (κ2) is 10.4. The molecule has 10 nitrogen and oxygen atoms in total. The summed E-state index contributed by atoms with van der Waals surface area (Å²) in [4.78, 5) is 37.1. The van der Waals surface area contributed by atoms with Crippen LogP contribution in [0.1, 0.15) is 41.5 Å². The number of rotatable bonds is 7. The first kappa shape index (κ1) is 25.1. The topological polar surface area (TPSA) is 125 Å². The lowest BCUT2D eigenvalue weighted by molar-refractivity contribution is -0.132. The highest BCUT2D eigenvalue weighted by molar-refractivity contribution is 7.15. The third-order valence-electron chi connectivity index (χ3n) is 6.54. The van der Waals surface area contributed by atoms with Gasteiger partial charge in [-0.1, -0.05) is 6.07 Å². The molecule has 0 spiro atoms. The Morgan fingerprint density at radius 2 is 2.03 bits per heavy atom. The van der Waals surface area contributed by atoms with Crippen molar-refractivity contribution in [1.29, 1.82) is 0 Å². The summed E-state index contributed by atoms with van der Waals surface area (Å²) in [6, 6.07) is 4.20. The molecule has 194 valence electrons. The normalized spacial score (nSPS) is 14.8. The molecule has 4 aromatic rings. The van der Waals surface area contributed by atoms with Gasteiger partial charge in [-0.2, -0.15) is 0 Å². The molecule has 4 heterocycles. The van der Waals surface area contributed by atoms with Crippen molar-refractivity contribution in [2.45, 2.75) is 38.5 Å². The van der Waals surface area contributed by atoms with E-state index in [0.717, 1.165) is 37.2 Å². The van der Waals surface area contributed by atoms with Crippen LogP contribution in [-0.4, -0.2) is 60.1 Å². The second-order valence-corrected chi connectivity index (χ2v) is 10.1. The van der Waals surface area contributed by atoms with Gasteiger partial charge in [-0.05, 0) is 44.0 Å². The molecule has 12 heteroatoms. The lowest BCUT2D eigenvalue weighted by Crippen LogP contribution is -2.37. The number of aromatic hydroxyl groups is 1. The molecule has 37 heavy (non-hydrogen) atoms. The van der Waals surface area contributed by atoms with Crippen LogP contribution in [0.3, 0.4) is 0 Å². The summed E-state index contributed by atoms with van der Waals surface area (Å²) in [5, 5.41) is 23.9. The Labute approximate surface area is 215 Å². The number of likely N-dealkylation sites (tertiary alicyclic amines) is 1. The fourth-order valence-corrected chi connectivity index (χ4v) is 5.47. The van der Waals surface area contributed by atoms with E-state index in [2.05, 4.69) is 15.3 Å². The lowest BCUT2D eigenvalue weighted by Gasteiger charge is -2.26. The Hall–Kier alpha value is -3.61. The number of amides is 1. The number of piperidine rings is 1. The number of halogens is 1. The monoisotopic (exact) mass is 526 g/mol. The number of nitrogens with one attached hydrogen (secondary N) is 1. The number of fused-ring (bicyclic) bond motifs is 1. The van der Waals surface area contributed by atoms with Crippen molar-refractivity contribution >= 4 is 23.0 Å². The quantitative estimate of drug-likeness (QED) is 0.316. The summed E-state index contributed by atoms with van der Waals surface area (Å²) in [7, 11) is 1.57. The van der Waals surface area contributed by atoms with Crippen molar-refractivity contribution in [3.63, 3.8) is 0 Å². The van der Waals surface area contributed by atoms with E-state index in [0.29, 0.717) is 22.6 Å². The Balaban J connectivity index is 1.45. The molecule has 3 N–H and O–H groups in total. The average molecular weight is 527 g/mol. The van der Waals surface area contributed by atoms with E-state index in [1.165, 1.54) is 34.1 Å². The highest BCUT2D eigenvalue weighted by Gasteiger charge is 2.22. The van der Waals surface area contributed by atoms with Crippen molar-refractivity contribution in [1.82, 2.24) is 29.2 Å². The highest BCUT2D eigenvalue weighted by atomic mass is 32.1. The van der Waals surface area contributed by atoms with Crippen molar-refractivity contribution in [2.75, 3.05) is 20.1 Å². The average Bonchev–Trinajstić information content (AvgIpc) is 3.54. The second-order valence-electron chi connectivity index (χ2n) is 8.99. The molecular formula is C25H27FN6O4S. The molecule has 0 bridgehead atoms. The summed E-state index contributed by atoms with van der Waals surface area (Å²) in [5.74, 6) is -0.802. The number of aliphatic hydroxyl groups excluding tert-OH is 1. The zero-order valence-corrected chi connectivity index (χ0v) is 21.0. The Kier molecular flexibility index (Phi) is 7.04. The number of carbonyl (C=O) groups is 1. The minimum Gasteiger partial charge on any atom is -0.501 e. The highest BCUT2D eigenvalue weighted by Crippen LogP contribution is 2.31. The van der Waals surface area contributed by atoms with Crippen molar-refractivity contribution in [3.05, 3.63) is 69.0 Å². The summed E-state index contributed by atoms with van der Waals surface area (Å²) < 4.78 is 16.6. The number of nitrogens with zero attached hydrogens (tertiary/aromatic N) is 5. The van der Waals surface area contributed by atoms with E-state index in [1.807, 2.05) is 4.90 Å². The maximum absolute atomic E-state index is 13.8. The fourth-order valence-electron chi connectivity index (χ4n) is 4.55. The Morgan fingerprint density at radius 1 is 1.24 bits per heavy atom. The van der Waals surface area contributed by atoms with E-state index in [-0.39, 0.29) is 23.9 Å². The molecule has 1 aromatic carbocycles. The minimum atomic E-state index is -1.04. The number of imidazole rings is 1. The van der Waals surface area contributed by atoms with Crippen LogP contribution in [0.25, 0.3) is 16.5 Å². The van der Waals surface area contributed by atoms with Gasteiger partial charge in [-0.25, -0.2) is 18.8 Å². The third-order valence-corrected chi connectivity index (χ3v) is 7.54. The number of hydrogen-bond donors (Lipinski definition) is 3. The van der Waals surface area contributed by atoms with Crippen molar-refractivity contribution < 1.29 is 19.4 Å². The van der Waals surface area contributed by atoms with Crippen LogP contribution in [0.5, 0.6) is 5.75 Å². The zero-order chi connectivity index (χ0) is 26.1.